The number of fused-ring (bicyclic) bond motifs is 1. The fraction of sp³-hybridized carbons (Fsp3) is 0.176. The number of rotatable bonds is 3. The molecule has 0 aromatic heterocycles. The maximum absolute atomic E-state index is 12.4. The summed E-state index contributed by atoms with van der Waals surface area (Å²) in [6, 6.07) is 11.1. The second kappa shape index (κ2) is 6.21. The Morgan fingerprint density at radius 3 is 2.44 bits per heavy atom. The molecule has 130 valence electrons. The van der Waals surface area contributed by atoms with E-state index in [1.54, 1.807) is 12.1 Å². The number of aromatic carboxylic acids is 1. The number of carboxylic acid groups (broad SMARTS) is 1. The van der Waals surface area contributed by atoms with Gasteiger partial charge in [0.25, 0.3) is 10.0 Å². The number of anilines is 2. The first-order valence-electron chi connectivity index (χ1n) is 7.62. The molecule has 1 aliphatic rings. The summed E-state index contributed by atoms with van der Waals surface area (Å²) in [5.74, 6) is -0.762. The van der Waals surface area contributed by atoms with Gasteiger partial charge in [0.15, 0.2) is 0 Å². The predicted octanol–water partition coefficient (Wildman–Crippen LogP) is 3.09. The quantitative estimate of drug-likeness (QED) is 0.777. The number of sulfonamides is 1. The largest absolute Gasteiger partial charge is 0.478 e. The Balaban J connectivity index is 1.89. The number of benzene rings is 2. The molecule has 0 radical (unpaired) electrons. The third kappa shape index (κ3) is 3.48. The van der Waals surface area contributed by atoms with Crippen LogP contribution in [-0.2, 0) is 10.0 Å². The topological polar surface area (TPSA) is 108 Å². The van der Waals surface area contributed by atoms with E-state index in [-0.39, 0.29) is 22.3 Å². The molecule has 1 aliphatic heterocycles. The van der Waals surface area contributed by atoms with Crippen LogP contribution in [0.4, 0.5) is 11.4 Å². The zero-order valence-electron chi connectivity index (χ0n) is 13.6. The molecule has 1 heterocycles. The van der Waals surface area contributed by atoms with Crippen molar-refractivity contribution in [1.82, 2.24) is 0 Å². The van der Waals surface area contributed by atoms with Gasteiger partial charge in [0.2, 0.25) is 5.96 Å². The summed E-state index contributed by atoms with van der Waals surface area (Å²) in [7, 11) is -3.82. The number of carboxylic acids is 1. The minimum absolute atomic E-state index is 0.0628. The van der Waals surface area contributed by atoms with E-state index in [1.165, 1.54) is 24.3 Å². The molecule has 0 saturated heterocycles. The van der Waals surface area contributed by atoms with Crippen LogP contribution in [0.2, 0.25) is 0 Å². The van der Waals surface area contributed by atoms with Gasteiger partial charge in [-0.05, 0) is 47.9 Å². The number of nitrogens with one attached hydrogen (secondary N) is 2. The Labute approximate surface area is 145 Å². The molecule has 0 spiro atoms. The average Bonchev–Trinajstić information content (AvgIpc) is 2.54. The molecule has 0 unspecified atom stereocenters. The minimum atomic E-state index is -3.82. The van der Waals surface area contributed by atoms with Crippen molar-refractivity contribution in [1.29, 1.82) is 0 Å². The van der Waals surface area contributed by atoms with Crippen LogP contribution in [0, 0.1) is 0 Å². The summed E-state index contributed by atoms with van der Waals surface area (Å²) in [4.78, 5) is 11.0. The summed E-state index contributed by atoms with van der Waals surface area (Å²) >= 11 is 0. The van der Waals surface area contributed by atoms with Crippen LogP contribution in [0.15, 0.2) is 51.8 Å². The summed E-state index contributed by atoms with van der Waals surface area (Å²) in [6.07, 6.45) is 0. The van der Waals surface area contributed by atoms with Gasteiger partial charge < -0.3 is 15.7 Å². The lowest BCUT2D eigenvalue weighted by atomic mass is 10.0. The fourth-order valence-corrected chi connectivity index (χ4v) is 3.53. The SMILES string of the molecule is CC(C)c1ccc2c(c1)S(=O)(=O)N=C(Nc1ccc(C(=O)O)cc1)N2. The molecule has 25 heavy (non-hydrogen) atoms. The number of hydrogen-bond donors (Lipinski definition) is 3. The monoisotopic (exact) mass is 359 g/mol. The molecule has 8 heteroatoms. The Morgan fingerprint density at radius 1 is 1.16 bits per heavy atom. The van der Waals surface area contributed by atoms with Gasteiger partial charge in [0.05, 0.1) is 11.3 Å². The van der Waals surface area contributed by atoms with Crippen molar-refractivity contribution in [2.75, 3.05) is 10.6 Å². The molecule has 2 aromatic rings. The van der Waals surface area contributed by atoms with Crippen molar-refractivity contribution in [3.63, 3.8) is 0 Å². The summed E-state index contributed by atoms with van der Waals surface area (Å²) < 4.78 is 28.7. The molecular weight excluding hydrogens is 342 g/mol. The van der Waals surface area contributed by atoms with E-state index in [4.69, 9.17) is 5.11 Å². The Hall–Kier alpha value is -2.87. The number of hydrogen-bond acceptors (Lipinski definition) is 5. The van der Waals surface area contributed by atoms with Gasteiger partial charge in [-0.1, -0.05) is 19.9 Å². The van der Waals surface area contributed by atoms with Crippen molar-refractivity contribution in [2.24, 2.45) is 4.40 Å². The Kier molecular flexibility index (Phi) is 4.22. The molecule has 2 aromatic carbocycles. The molecule has 0 aliphatic carbocycles. The van der Waals surface area contributed by atoms with Gasteiger partial charge in [0.1, 0.15) is 4.90 Å². The van der Waals surface area contributed by atoms with Gasteiger partial charge in [-0.3, -0.25) is 0 Å². The van der Waals surface area contributed by atoms with Gasteiger partial charge in [-0.25, -0.2) is 4.79 Å². The van der Waals surface area contributed by atoms with E-state index >= 15 is 0 Å². The van der Waals surface area contributed by atoms with Crippen LogP contribution in [0.1, 0.15) is 35.7 Å². The number of carbonyl (C=O) groups is 1. The molecule has 0 atom stereocenters. The second-order valence-corrected chi connectivity index (χ2v) is 7.53. The highest BCUT2D eigenvalue weighted by Gasteiger charge is 2.25. The lowest BCUT2D eigenvalue weighted by molar-refractivity contribution is 0.0697. The van der Waals surface area contributed by atoms with Crippen molar-refractivity contribution in [3.05, 3.63) is 53.6 Å². The van der Waals surface area contributed by atoms with Crippen LogP contribution >= 0.6 is 0 Å². The first-order chi connectivity index (χ1) is 11.8. The summed E-state index contributed by atoms with van der Waals surface area (Å²) in [5, 5.41) is 14.7. The van der Waals surface area contributed by atoms with E-state index in [1.807, 2.05) is 19.9 Å². The van der Waals surface area contributed by atoms with Crippen molar-refractivity contribution >= 4 is 33.3 Å². The highest BCUT2D eigenvalue weighted by Crippen LogP contribution is 2.30. The Bertz CT molecular complexity index is 964. The molecule has 0 bridgehead atoms. The normalized spacial score (nSPS) is 15.1. The second-order valence-electron chi connectivity index (χ2n) is 5.96. The van der Waals surface area contributed by atoms with Gasteiger partial charge in [-0.2, -0.15) is 8.42 Å². The molecule has 0 amide bonds. The minimum Gasteiger partial charge on any atom is -0.478 e. The first-order valence-corrected chi connectivity index (χ1v) is 9.06. The van der Waals surface area contributed by atoms with E-state index in [0.29, 0.717) is 11.4 Å². The predicted molar refractivity (Wildman–Crippen MR) is 95.8 cm³/mol. The van der Waals surface area contributed by atoms with Crippen LogP contribution in [0.5, 0.6) is 0 Å². The molecule has 3 N–H and O–H groups in total. The Morgan fingerprint density at radius 2 is 1.84 bits per heavy atom. The lowest BCUT2D eigenvalue weighted by Crippen LogP contribution is -2.28. The van der Waals surface area contributed by atoms with E-state index < -0.39 is 16.0 Å². The van der Waals surface area contributed by atoms with Crippen LogP contribution in [0.3, 0.4) is 0 Å². The van der Waals surface area contributed by atoms with Crippen LogP contribution in [-0.4, -0.2) is 25.5 Å². The van der Waals surface area contributed by atoms with Crippen LogP contribution < -0.4 is 10.6 Å². The van der Waals surface area contributed by atoms with Gasteiger partial charge in [0, 0.05) is 5.69 Å². The third-order valence-corrected chi connectivity index (χ3v) is 5.13. The highest BCUT2D eigenvalue weighted by atomic mass is 32.2. The van der Waals surface area contributed by atoms with Gasteiger partial charge in [-0.15, -0.1) is 4.40 Å². The van der Waals surface area contributed by atoms with Crippen molar-refractivity contribution in [3.8, 4) is 0 Å². The first kappa shape index (κ1) is 17.0. The molecule has 0 fully saturated rings. The maximum atomic E-state index is 12.4. The third-order valence-electron chi connectivity index (χ3n) is 3.81. The summed E-state index contributed by atoms with van der Waals surface area (Å²) in [5.41, 5.74) is 2.03. The fourth-order valence-electron chi connectivity index (χ4n) is 2.42. The molecule has 3 rings (SSSR count). The van der Waals surface area contributed by atoms with Gasteiger partial charge >= 0.3 is 5.97 Å². The number of nitrogens with zero attached hydrogens (tertiary/aromatic N) is 1. The summed E-state index contributed by atoms with van der Waals surface area (Å²) in [6.45, 7) is 3.98. The highest BCUT2D eigenvalue weighted by molar-refractivity contribution is 7.90. The zero-order chi connectivity index (χ0) is 18.2. The molecule has 7 nitrogen and oxygen atoms in total. The average molecular weight is 359 g/mol. The van der Waals surface area contributed by atoms with E-state index in [0.717, 1.165) is 5.56 Å². The lowest BCUT2D eigenvalue weighted by Gasteiger charge is -2.20. The smallest absolute Gasteiger partial charge is 0.335 e. The standard InChI is InChI=1S/C17H17N3O4S/c1-10(2)12-5-8-14-15(9-12)25(23,24)20-17(19-14)18-13-6-3-11(4-7-13)16(21)22/h3-10H,1-2H3,(H,21,22)(H2,18,19,20). The van der Waals surface area contributed by atoms with Crippen molar-refractivity contribution in [2.45, 2.75) is 24.7 Å². The van der Waals surface area contributed by atoms with E-state index in [9.17, 15) is 13.2 Å². The maximum Gasteiger partial charge on any atom is 0.335 e. The molecule has 0 saturated carbocycles. The van der Waals surface area contributed by atoms with Crippen LogP contribution in [0.25, 0.3) is 0 Å². The molecular formula is C17H17N3O4S. The van der Waals surface area contributed by atoms with Crippen molar-refractivity contribution < 1.29 is 18.3 Å². The van der Waals surface area contributed by atoms with E-state index in [2.05, 4.69) is 15.0 Å². The number of guanidine groups is 1. The zero-order valence-corrected chi connectivity index (χ0v) is 14.5.